The Hall–Kier alpha value is -1.65. The number of carbonyl (C=O) groups excluding carboxylic acids is 2. The van der Waals surface area contributed by atoms with Crippen LogP contribution in [0.2, 0.25) is 0 Å². The van der Waals surface area contributed by atoms with E-state index < -0.39 is 11.9 Å². The molecule has 100 valence electrons. The minimum Gasteiger partial charge on any atom is -0.336 e. The number of amides is 3. The highest BCUT2D eigenvalue weighted by Crippen LogP contribution is 2.01. The smallest absolute Gasteiger partial charge is 0.321 e. The molecule has 3 amide bonds. The molecule has 7 heteroatoms. The molecule has 1 unspecified atom stereocenters. The van der Waals surface area contributed by atoms with Crippen LogP contribution in [0.25, 0.3) is 0 Å². The van der Waals surface area contributed by atoms with Crippen molar-refractivity contribution in [3.8, 4) is 6.07 Å². The van der Waals surface area contributed by atoms with Crippen LogP contribution in [0.15, 0.2) is 0 Å². The van der Waals surface area contributed by atoms with Gasteiger partial charge in [0.15, 0.2) is 0 Å². The van der Waals surface area contributed by atoms with Crippen LogP contribution in [-0.4, -0.2) is 55.1 Å². The first-order valence-electron chi connectivity index (χ1n) is 5.97. The maximum Gasteiger partial charge on any atom is 0.321 e. The number of nitriles is 1. The molecule has 1 aliphatic heterocycles. The molecular formula is C11H19N5O2. The van der Waals surface area contributed by atoms with Gasteiger partial charge in [-0.3, -0.25) is 15.0 Å². The number of hydrogen-bond acceptors (Lipinski definition) is 5. The van der Waals surface area contributed by atoms with Crippen molar-refractivity contribution in [1.82, 2.24) is 20.9 Å². The highest BCUT2D eigenvalue weighted by Gasteiger charge is 2.24. The van der Waals surface area contributed by atoms with Crippen LogP contribution in [0, 0.1) is 11.3 Å². The Bertz CT molecular complexity index is 350. The maximum atomic E-state index is 11.6. The Labute approximate surface area is 107 Å². The molecule has 0 saturated carbocycles. The predicted molar refractivity (Wildman–Crippen MR) is 65.7 cm³/mol. The molecule has 1 fully saturated rings. The van der Waals surface area contributed by atoms with E-state index in [0.717, 1.165) is 6.54 Å². The van der Waals surface area contributed by atoms with E-state index in [9.17, 15) is 9.59 Å². The monoisotopic (exact) mass is 253 g/mol. The Balaban J connectivity index is 2.39. The van der Waals surface area contributed by atoms with Crippen molar-refractivity contribution < 1.29 is 9.59 Å². The lowest BCUT2D eigenvalue weighted by atomic mass is 10.2. The van der Waals surface area contributed by atoms with Crippen molar-refractivity contribution in [3.05, 3.63) is 0 Å². The highest BCUT2D eigenvalue weighted by atomic mass is 16.2. The summed E-state index contributed by atoms with van der Waals surface area (Å²) in [6.07, 6.45) is 0. The normalized spacial score (nSPS) is 20.2. The summed E-state index contributed by atoms with van der Waals surface area (Å²) in [6.45, 7) is 5.59. The van der Waals surface area contributed by atoms with E-state index in [-0.39, 0.29) is 18.6 Å². The third-order valence-electron chi connectivity index (χ3n) is 2.52. The van der Waals surface area contributed by atoms with Crippen molar-refractivity contribution >= 4 is 11.9 Å². The van der Waals surface area contributed by atoms with E-state index in [1.165, 1.54) is 0 Å². The summed E-state index contributed by atoms with van der Waals surface area (Å²) in [4.78, 5) is 24.7. The Morgan fingerprint density at radius 1 is 1.56 bits per heavy atom. The molecule has 1 heterocycles. The van der Waals surface area contributed by atoms with Gasteiger partial charge in [0.25, 0.3) is 0 Å². The van der Waals surface area contributed by atoms with Gasteiger partial charge in [0.2, 0.25) is 5.91 Å². The van der Waals surface area contributed by atoms with Crippen molar-refractivity contribution in [1.29, 1.82) is 5.26 Å². The molecule has 0 aromatic heterocycles. The minimum absolute atomic E-state index is 0.0242. The van der Waals surface area contributed by atoms with Gasteiger partial charge in [0.05, 0.1) is 12.6 Å². The van der Waals surface area contributed by atoms with E-state index >= 15 is 0 Å². The number of hydrogen-bond donors (Lipinski definition) is 3. The van der Waals surface area contributed by atoms with E-state index in [1.807, 2.05) is 13.8 Å². The first kappa shape index (κ1) is 14.4. The number of piperazine rings is 1. The van der Waals surface area contributed by atoms with E-state index in [1.54, 1.807) is 4.90 Å². The van der Waals surface area contributed by atoms with E-state index in [0.29, 0.717) is 13.1 Å². The summed E-state index contributed by atoms with van der Waals surface area (Å²) in [5, 5.41) is 16.8. The van der Waals surface area contributed by atoms with Gasteiger partial charge >= 0.3 is 6.03 Å². The standard InChI is InChI=1S/C11H19N5O2/c1-8(2)14-11(18)15-10(17)7-16-4-3-13-6-9(16)5-12/h8-9,13H,3-4,6-7H2,1-2H3,(H2,14,15,17,18). The first-order valence-corrected chi connectivity index (χ1v) is 5.97. The number of urea groups is 1. The molecule has 1 aliphatic rings. The summed E-state index contributed by atoms with van der Waals surface area (Å²) in [5.41, 5.74) is 0. The number of nitrogens with zero attached hydrogens (tertiary/aromatic N) is 2. The molecule has 3 N–H and O–H groups in total. The van der Waals surface area contributed by atoms with Crippen LogP contribution < -0.4 is 16.0 Å². The molecule has 7 nitrogen and oxygen atoms in total. The molecule has 0 aromatic carbocycles. The summed E-state index contributed by atoms with van der Waals surface area (Å²) in [5.74, 6) is -0.393. The molecular weight excluding hydrogens is 234 g/mol. The third-order valence-corrected chi connectivity index (χ3v) is 2.52. The molecule has 1 atom stereocenters. The zero-order chi connectivity index (χ0) is 13.5. The SMILES string of the molecule is CC(C)NC(=O)NC(=O)CN1CCNCC1C#N. The largest absolute Gasteiger partial charge is 0.336 e. The van der Waals surface area contributed by atoms with Gasteiger partial charge in [-0.15, -0.1) is 0 Å². The zero-order valence-electron chi connectivity index (χ0n) is 10.7. The second kappa shape index (κ2) is 6.93. The molecule has 0 aliphatic carbocycles. The lowest BCUT2D eigenvalue weighted by Crippen LogP contribution is -2.54. The Morgan fingerprint density at radius 3 is 2.89 bits per heavy atom. The lowest BCUT2D eigenvalue weighted by Gasteiger charge is -2.31. The van der Waals surface area contributed by atoms with Crippen LogP contribution in [0.4, 0.5) is 4.79 Å². The van der Waals surface area contributed by atoms with Crippen molar-refractivity contribution in [2.45, 2.75) is 25.9 Å². The lowest BCUT2D eigenvalue weighted by molar-refractivity contribution is -0.121. The topological polar surface area (TPSA) is 97.3 Å². The van der Waals surface area contributed by atoms with Crippen molar-refractivity contribution in [2.24, 2.45) is 0 Å². The Morgan fingerprint density at radius 2 is 2.28 bits per heavy atom. The van der Waals surface area contributed by atoms with Crippen LogP contribution in [-0.2, 0) is 4.79 Å². The fraction of sp³-hybridized carbons (Fsp3) is 0.727. The van der Waals surface area contributed by atoms with Crippen LogP contribution in [0.3, 0.4) is 0 Å². The highest BCUT2D eigenvalue weighted by molar-refractivity contribution is 5.95. The van der Waals surface area contributed by atoms with Gasteiger partial charge in [-0.25, -0.2) is 4.79 Å². The third kappa shape index (κ3) is 4.69. The quantitative estimate of drug-likeness (QED) is 0.600. The molecule has 1 saturated heterocycles. The van der Waals surface area contributed by atoms with Crippen LogP contribution >= 0.6 is 0 Å². The van der Waals surface area contributed by atoms with Gasteiger partial charge in [-0.05, 0) is 13.8 Å². The minimum atomic E-state index is -0.501. The number of imide groups is 1. The van der Waals surface area contributed by atoms with Crippen molar-refractivity contribution in [2.75, 3.05) is 26.2 Å². The molecule has 0 radical (unpaired) electrons. The van der Waals surface area contributed by atoms with Gasteiger partial charge in [0, 0.05) is 25.7 Å². The second-order valence-corrected chi connectivity index (χ2v) is 4.50. The van der Waals surface area contributed by atoms with Crippen LogP contribution in [0.1, 0.15) is 13.8 Å². The predicted octanol–water partition coefficient (Wildman–Crippen LogP) is -0.982. The van der Waals surface area contributed by atoms with E-state index in [2.05, 4.69) is 22.0 Å². The zero-order valence-corrected chi connectivity index (χ0v) is 10.7. The number of rotatable bonds is 3. The van der Waals surface area contributed by atoms with Gasteiger partial charge in [-0.2, -0.15) is 5.26 Å². The van der Waals surface area contributed by atoms with Crippen LogP contribution in [0.5, 0.6) is 0 Å². The number of nitrogens with one attached hydrogen (secondary N) is 3. The maximum absolute atomic E-state index is 11.6. The van der Waals surface area contributed by atoms with Gasteiger partial charge < -0.3 is 10.6 Å². The average molecular weight is 253 g/mol. The molecule has 0 spiro atoms. The molecule has 18 heavy (non-hydrogen) atoms. The fourth-order valence-corrected chi connectivity index (χ4v) is 1.71. The summed E-state index contributed by atoms with van der Waals surface area (Å²) >= 11 is 0. The van der Waals surface area contributed by atoms with Gasteiger partial charge in [0.1, 0.15) is 6.04 Å². The summed E-state index contributed by atoms with van der Waals surface area (Å²) in [6, 6.07) is 1.28. The number of carbonyl (C=O) groups is 2. The molecule has 0 aromatic rings. The second-order valence-electron chi connectivity index (χ2n) is 4.50. The molecule has 1 rings (SSSR count). The fourth-order valence-electron chi connectivity index (χ4n) is 1.71. The Kier molecular flexibility index (Phi) is 5.55. The van der Waals surface area contributed by atoms with Gasteiger partial charge in [-0.1, -0.05) is 0 Å². The molecule has 0 bridgehead atoms. The van der Waals surface area contributed by atoms with E-state index in [4.69, 9.17) is 5.26 Å². The van der Waals surface area contributed by atoms with Crippen molar-refractivity contribution in [3.63, 3.8) is 0 Å². The average Bonchev–Trinajstić information content (AvgIpc) is 2.28. The first-order chi connectivity index (χ1) is 8.52. The summed E-state index contributed by atoms with van der Waals surface area (Å²) in [7, 11) is 0. The summed E-state index contributed by atoms with van der Waals surface area (Å²) < 4.78 is 0.